The third-order valence-corrected chi connectivity index (χ3v) is 4.84. The number of aromatic nitrogens is 3. The Bertz CT molecular complexity index is 911. The van der Waals surface area contributed by atoms with E-state index in [1.54, 1.807) is 18.2 Å². The van der Waals surface area contributed by atoms with E-state index in [0.29, 0.717) is 22.4 Å². The maximum absolute atomic E-state index is 12.2. The van der Waals surface area contributed by atoms with Crippen molar-refractivity contribution in [3.8, 4) is 11.4 Å². The summed E-state index contributed by atoms with van der Waals surface area (Å²) in [6.07, 6.45) is 1.78. The van der Waals surface area contributed by atoms with E-state index in [4.69, 9.17) is 11.6 Å². The number of nitrogens with zero attached hydrogens (tertiary/aromatic N) is 3. The van der Waals surface area contributed by atoms with Gasteiger partial charge in [-0.1, -0.05) is 71.9 Å². The average molecular weight is 385 g/mol. The first-order valence-electron chi connectivity index (χ1n) is 7.95. The number of allylic oxidation sites excluding steroid dienone is 1. The van der Waals surface area contributed by atoms with Gasteiger partial charge in [-0.3, -0.25) is 9.36 Å². The number of carbonyl (C=O) groups excluding carboxylic acids is 1. The SMILES string of the molecule is C=CCn1c(SCC(=O)Nc2ccccc2Cl)nnc1-c1ccccc1. The predicted octanol–water partition coefficient (Wildman–Crippen LogP) is 4.52. The highest BCUT2D eigenvalue weighted by Crippen LogP contribution is 2.25. The second-order valence-electron chi connectivity index (χ2n) is 5.39. The van der Waals surface area contributed by atoms with E-state index in [-0.39, 0.29) is 11.7 Å². The molecule has 0 aliphatic carbocycles. The van der Waals surface area contributed by atoms with Crippen LogP contribution in [0.25, 0.3) is 11.4 Å². The summed E-state index contributed by atoms with van der Waals surface area (Å²) in [5.74, 6) is 0.798. The van der Waals surface area contributed by atoms with E-state index >= 15 is 0 Å². The van der Waals surface area contributed by atoms with Crippen LogP contribution in [0.15, 0.2) is 72.4 Å². The zero-order valence-electron chi connectivity index (χ0n) is 13.9. The number of carbonyl (C=O) groups is 1. The van der Waals surface area contributed by atoms with E-state index in [1.807, 2.05) is 47.0 Å². The molecule has 0 unspecified atom stereocenters. The van der Waals surface area contributed by atoms with Crippen LogP contribution in [0, 0.1) is 0 Å². The van der Waals surface area contributed by atoms with Crippen molar-refractivity contribution in [1.29, 1.82) is 0 Å². The van der Waals surface area contributed by atoms with Crippen LogP contribution < -0.4 is 5.32 Å². The van der Waals surface area contributed by atoms with Crippen LogP contribution in [0.5, 0.6) is 0 Å². The molecule has 3 aromatic rings. The van der Waals surface area contributed by atoms with Crippen LogP contribution in [-0.2, 0) is 11.3 Å². The lowest BCUT2D eigenvalue weighted by atomic mass is 10.2. The number of hydrogen-bond acceptors (Lipinski definition) is 4. The summed E-state index contributed by atoms with van der Waals surface area (Å²) in [4.78, 5) is 12.2. The second-order valence-corrected chi connectivity index (χ2v) is 6.74. The van der Waals surface area contributed by atoms with Gasteiger partial charge < -0.3 is 5.32 Å². The number of hydrogen-bond donors (Lipinski definition) is 1. The lowest BCUT2D eigenvalue weighted by Gasteiger charge is -2.08. The van der Waals surface area contributed by atoms with Crippen molar-refractivity contribution in [3.63, 3.8) is 0 Å². The summed E-state index contributed by atoms with van der Waals surface area (Å²) in [6.45, 7) is 4.35. The smallest absolute Gasteiger partial charge is 0.234 e. The Morgan fingerprint density at radius 3 is 2.62 bits per heavy atom. The number of nitrogens with one attached hydrogen (secondary N) is 1. The highest BCUT2D eigenvalue weighted by Gasteiger charge is 2.15. The van der Waals surface area contributed by atoms with Crippen molar-refractivity contribution in [1.82, 2.24) is 14.8 Å². The van der Waals surface area contributed by atoms with Crippen LogP contribution in [-0.4, -0.2) is 26.4 Å². The molecule has 26 heavy (non-hydrogen) atoms. The molecule has 5 nitrogen and oxygen atoms in total. The van der Waals surface area contributed by atoms with Gasteiger partial charge in [-0.05, 0) is 12.1 Å². The molecule has 3 rings (SSSR count). The number of anilines is 1. The molecule has 0 atom stereocenters. The summed E-state index contributed by atoms with van der Waals surface area (Å²) in [5, 5.41) is 12.5. The first-order chi connectivity index (χ1) is 12.7. The Kier molecular flexibility index (Phi) is 6.09. The molecule has 1 N–H and O–H groups in total. The fourth-order valence-electron chi connectivity index (χ4n) is 2.37. The highest BCUT2D eigenvalue weighted by molar-refractivity contribution is 7.99. The van der Waals surface area contributed by atoms with E-state index in [1.165, 1.54) is 11.8 Å². The number of benzene rings is 2. The van der Waals surface area contributed by atoms with Crippen LogP contribution in [0.4, 0.5) is 5.69 Å². The summed E-state index contributed by atoms with van der Waals surface area (Å²) in [6, 6.07) is 16.9. The Balaban J connectivity index is 1.72. The van der Waals surface area contributed by atoms with Gasteiger partial charge >= 0.3 is 0 Å². The van der Waals surface area contributed by atoms with Gasteiger partial charge in [0, 0.05) is 12.1 Å². The molecule has 1 aromatic heterocycles. The minimum atomic E-state index is -0.155. The number of halogens is 1. The lowest BCUT2D eigenvalue weighted by molar-refractivity contribution is -0.113. The van der Waals surface area contributed by atoms with Crippen LogP contribution in [0.2, 0.25) is 5.02 Å². The fraction of sp³-hybridized carbons (Fsp3) is 0.105. The Hall–Kier alpha value is -2.57. The van der Waals surface area contributed by atoms with Crippen molar-refractivity contribution in [2.75, 3.05) is 11.1 Å². The topological polar surface area (TPSA) is 59.8 Å². The summed E-state index contributed by atoms with van der Waals surface area (Å²) in [5.41, 5.74) is 1.56. The quantitative estimate of drug-likeness (QED) is 0.480. The zero-order chi connectivity index (χ0) is 18.4. The Labute approximate surface area is 161 Å². The molecule has 0 bridgehead atoms. The maximum atomic E-state index is 12.2. The number of thioether (sulfide) groups is 1. The van der Waals surface area contributed by atoms with Crippen molar-refractivity contribution in [2.45, 2.75) is 11.7 Å². The second kappa shape index (κ2) is 8.69. The molecule has 0 fully saturated rings. The molecule has 2 aromatic carbocycles. The van der Waals surface area contributed by atoms with Crippen LogP contribution in [0.1, 0.15) is 0 Å². The fourth-order valence-corrected chi connectivity index (χ4v) is 3.30. The van der Waals surface area contributed by atoms with Gasteiger partial charge in [-0.15, -0.1) is 16.8 Å². The van der Waals surface area contributed by atoms with Crippen molar-refractivity contribution < 1.29 is 4.79 Å². The molecule has 0 saturated carbocycles. The monoisotopic (exact) mass is 384 g/mol. The first kappa shape index (κ1) is 18.2. The van der Waals surface area contributed by atoms with E-state index in [2.05, 4.69) is 22.1 Å². The summed E-state index contributed by atoms with van der Waals surface area (Å²) >= 11 is 7.39. The molecular weight excluding hydrogens is 368 g/mol. The summed E-state index contributed by atoms with van der Waals surface area (Å²) in [7, 11) is 0. The molecule has 1 amide bonds. The molecule has 0 radical (unpaired) electrons. The first-order valence-corrected chi connectivity index (χ1v) is 9.32. The highest BCUT2D eigenvalue weighted by atomic mass is 35.5. The molecular formula is C19H17ClN4OS. The maximum Gasteiger partial charge on any atom is 0.234 e. The van der Waals surface area contributed by atoms with Gasteiger partial charge in [0.2, 0.25) is 5.91 Å². The Morgan fingerprint density at radius 2 is 1.88 bits per heavy atom. The zero-order valence-corrected chi connectivity index (χ0v) is 15.5. The van der Waals surface area contributed by atoms with Gasteiger partial charge in [-0.2, -0.15) is 0 Å². The van der Waals surface area contributed by atoms with Gasteiger partial charge in [-0.25, -0.2) is 0 Å². The van der Waals surface area contributed by atoms with E-state index in [0.717, 1.165) is 11.4 Å². The lowest BCUT2D eigenvalue weighted by Crippen LogP contribution is -2.15. The van der Waals surface area contributed by atoms with Crippen LogP contribution in [0.3, 0.4) is 0 Å². The minimum absolute atomic E-state index is 0.155. The molecule has 0 saturated heterocycles. The summed E-state index contributed by atoms with van der Waals surface area (Å²) < 4.78 is 1.94. The van der Waals surface area contributed by atoms with E-state index in [9.17, 15) is 4.79 Å². The number of amides is 1. The molecule has 0 aliphatic heterocycles. The largest absolute Gasteiger partial charge is 0.324 e. The average Bonchev–Trinajstić information content (AvgIpc) is 3.06. The standard InChI is InChI=1S/C19H17ClN4OS/c1-2-12-24-18(14-8-4-3-5-9-14)22-23-19(24)26-13-17(25)21-16-11-7-6-10-15(16)20/h2-11H,1,12-13H2,(H,21,25). The number of rotatable bonds is 7. The van der Waals surface area contributed by atoms with Gasteiger partial charge in [0.25, 0.3) is 0 Å². The third kappa shape index (κ3) is 4.33. The molecule has 7 heteroatoms. The molecule has 0 aliphatic rings. The molecule has 0 spiro atoms. The molecule has 132 valence electrons. The van der Waals surface area contributed by atoms with Gasteiger partial charge in [0.15, 0.2) is 11.0 Å². The van der Waals surface area contributed by atoms with Crippen molar-refractivity contribution in [3.05, 3.63) is 72.3 Å². The van der Waals surface area contributed by atoms with Crippen LogP contribution >= 0.6 is 23.4 Å². The Morgan fingerprint density at radius 1 is 1.15 bits per heavy atom. The van der Waals surface area contributed by atoms with E-state index < -0.39 is 0 Å². The predicted molar refractivity (Wildman–Crippen MR) is 106 cm³/mol. The normalized spacial score (nSPS) is 10.5. The van der Waals surface area contributed by atoms with Gasteiger partial charge in [0.1, 0.15) is 0 Å². The minimum Gasteiger partial charge on any atom is -0.324 e. The van der Waals surface area contributed by atoms with Crippen molar-refractivity contribution >= 4 is 35.0 Å². The molecule has 1 heterocycles. The van der Waals surface area contributed by atoms with Crippen molar-refractivity contribution in [2.24, 2.45) is 0 Å². The number of para-hydroxylation sites is 1. The van der Waals surface area contributed by atoms with Gasteiger partial charge in [0.05, 0.1) is 16.5 Å². The third-order valence-electron chi connectivity index (χ3n) is 3.54.